The normalized spacial score (nSPS) is 7.82. The molecule has 1 rings (SSSR count). The highest BCUT2D eigenvalue weighted by atomic mass is 14.5. The number of nitrogens with one attached hydrogen (secondary N) is 1. The van der Waals surface area contributed by atoms with Crippen molar-refractivity contribution in [3.63, 3.8) is 0 Å². The van der Waals surface area contributed by atoms with E-state index in [9.17, 15) is 0 Å². The summed E-state index contributed by atoms with van der Waals surface area (Å²) in [5.74, 6) is 0. The fourth-order valence-electron chi connectivity index (χ4n) is 0.614. The molecule has 1 aromatic rings. The molecule has 0 aliphatic carbocycles. The molecular weight excluding hydrogens is 136 g/mol. The van der Waals surface area contributed by atoms with E-state index in [2.05, 4.69) is 0 Å². The van der Waals surface area contributed by atoms with E-state index in [0.717, 1.165) is 0 Å². The Hall–Kier alpha value is -1.15. The zero-order chi connectivity index (χ0) is 8.53. The maximum absolute atomic E-state index is 6.08. The van der Waals surface area contributed by atoms with Crippen molar-refractivity contribution in [3.8, 4) is 0 Å². The first kappa shape index (κ1) is 9.85. The van der Waals surface area contributed by atoms with Crippen LogP contribution in [0.4, 0.5) is 0 Å². The molecule has 0 unspecified atom stereocenters. The molecule has 0 saturated heterocycles. The van der Waals surface area contributed by atoms with Crippen molar-refractivity contribution >= 4 is 6.21 Å². The van der Waals surface area contributed by atoms with Gasteiger partial charge in [0.05, 0.1) is 0 Å². The van der Waals surface area contributed by atoms with Crippen molar-refractivity contribution in [1.82, 2.24) is 0 Å². The van der Waals surface area contributed by atoms with Crippen LogP contribution in [0.15, 0.2) is 30.3 Å². The third-order valence-electron chi connectivity index (χ3n) is 1.08. The topological polar surface area (TPSA) is 49.9 Å². The van der Waals surface area contributed by atoms with Gasteiger partial charge in [0, 0.05) is 6.54 Å². The number of benzene rings is 1. The van der Waals surface area contributed by atoms with E-state index in [1.54, 1.807) is 6.92 Å². The van der Waals surface area contributed by atoms with Gasteiger partial charge in [-0.25, -0.2) is 0 Å². The minimum absolute atomic E-state index is 0.640. The average molecular weight is 150 g/mol. The molecule has 0 radical (unpaired) electrons. The van der Waals surface area contributed by atoms with Crippen LogP contribution in [-0.2, 0) is 6.54 Å². The molecule has 60 valence electrons. The lowest BCUT2D eigenvalue weighted by molar-refractivity contribution is 1.07. The van der Waals surface area contributed by atoms with Gasteiger partial charge >= 0.3 is 0 Å². The second kappa shape index (κ2) is 6.96. The lowest BCUT2D eigenvalue weighted by Gasteiger charge is -1.90. The van der Waals surface area contributed by atoms with Crippen molar-refractivity contribution in [1.29, 1.82) is 5.41 Å². The summed E-state index contributed by atoms with van der Waals surface area (Å²) in [5.41, 5.74) is 6.54. The van der Waals surface area contributed by atoms with E-state index < -0.39 is 0 Å². The van der Waals surface area contributed by atoms with Crippen LogP contribution in [0.1, 0.15) is 12.5 Å². The van der Waals surface area contributed by atoms with Crippen LogP contribution in [0.2, 0.25) is 0 Å². The summed E-state index contributed by atoms with van der Waals surface area (Å²) >= 11 is 0. The van der Waals surface area contributed by atoms with Crippen LogP contribution in [0.25, 0.3) is 0 Å². The molecule has 0 atom stereocenters. The van der Waals surface area contributed by atoms with Gasteiger partial charge in [0.15, 0.2) is 0 Å². The summed E-state index contributed by atoms with van der Waals surface area (Å²) in [7, 11) is 0. The van der Waals surface area contributed by atoms with Gasteiger partial charge in [-0.1, -0.05) is 30.3 Å². The Balaban J connectivity index is 0.000000292. The summed E-state index contributed by atoms with van der Waals surface area (Å²) in [6, 6.07) is 9.99. The van der Waals surface area contributed by atoms with Crippen molar-refractivity contribution in [2.75, 3.05) is 0 Å². The van der Waals surface area contributed by atoms with Gasteiger partial charge in [-0.3, -0.25) is 0 Å². The lowest BCUT2D eigenvalue weighted by atomic mass is 10.2. The summed E-state index contributed by atoms with van der Waals surface area (Å²) in [4.78, 5) is 0. The predicted molar refractivity (Wildman–Crippen MR) is 48.8 cm³/mol. The van der Waals surface area contributed by atoms with Crippen LogP contribution >= 0.6 is 0 Å². The number of hydrogen-bond acceptors (Lipinski definition) is 2. The Morgan fingerprint density at radius 3 is 2.09 bits per heavy atom. The summed E-state index contributed by atoms with van der Waals surface area (Å²) in [5, 5.41) is 6.08. The second-order valence-electron chi connectivity index (χ2n) is 1.98. The van der Waals surface area contributed by atoms with E-state index in [1.165, 1.54) is 11.8 Å². The molecule has 0 aliphatic heterocycles. The standard InChI is InChI=1S/C7H9N.C2H5N/c8-6-7-4-2-1-3-5-7;1-2-3/h1-5H,6,8H2;2-3H,1H3. The maximum Gasteiger partial charge on any atom is 0.0178 e. The van der Waals surface area contributed by atoms with E-state index in [0.29, 0.717) is 6.54 Å². The van der Waals surface area contributed by atoms with E-state index in [-0.39, 0.29) is 0 Å². The SMILES string of the molecule is CC=N.NCc1ccccc1. The molecule has 0 saturated carbocycles. The molecular formula is C9H14N2. The van der Waals surface area contributed by atoms with Crippen LogP contribution < -0.4 is 5.73 Å². The molecule has 0 amide bonds. The van der Waals surface area contributed by atoms with Gasteiger partial charge in [0.2, 0.25) is 0 Å². The number of hydrogen-bond donors (Lipinski definition) is 2. The van der Waals surface area contributed by atoms with Gasteiger partial charge in [-0.05, 0) is 18.7 Å². The molecule has 2 heteroatoms. The Labute approximate surface area is 67.6 Å². The van der Waals surface area contributed by atoms with Gasteiger partial charge < -0.3 is 11.1 Å². The molecule has 0 fully saturated rings. The Kier molecular flexibility index (Phi) is 6.24. The smallest absolute Gasteiger partial charge is 0.0178 e. The predicted octanol–water partition coefficient (Wildman–Crippen LogP) is 1.80. The number of rotatable bonds is 1. The molecule has 2 nitrogen and oxygen atoms in total. The minimum atomic E-state index is 0.640. The quantitative estimate of drug-likeness (QED) is 0.589. The van der Waals surface area contributed by atoms with Gasteiger partial charge in [0.1, 0.15) is 0 Å². The van der Waals surface area contributed by atoms with Crippen LogP contribution in [0, 0.1) is 5.41 Å². The molecule has 0 aromatic heterocycles. The monoisotopic (exact) mass is 150 g/mol. The van der Waals surface area contributed by atoms with Gasteiger partial charge in [-0.2, -0.15) is 0 Å². The van der Waals surface area contributed by atoms with Gasteiger partial charge in [0.25, 0.3) is 0 Å². The molecule has 0 spiro atoms. The highest BCUT2D eigenvalue weighted by Crippen LogP contribution is 1.94. The van der Waals surface area contributed by atoms with Crippen LogP contribution in [0.3, 0.4) is 0 Å². The van der Waals surface area contributed by atoms with Gasteiger partial charge in [-0.15, -0.1) is 0 Å². The molecule has 0 aliphatic rings. The summed E-state index contributed by atoms with van der Waals surface area (Å²) in [6.45, 7) is 2.31. The zero-order valence-electron chi connectivity index (χ0n) is 6.75. The van der Waals surface area contributed by atoms with Crippen molar-refractivity contribution in [3.05, 3.63) is 35.9 Å². The van der Waals surface area contributed by atoms with Crippen molar-refractivity contribution in [2.45, 2.75) is 13.5 Å². The van der Waals surface area contributed by atoms with Crippen molar-refractivity contribution in [2.24, 2.45) is 5.73 Å². The largest absolute Gasteiger partial charge is 0.326 e. The maximum atomic E-state index is 6.08. The molecule has 0 heterocycles. The lowest BCUT2D eigenvalue weighted by Crippen LogP contribution is -1.94. The zero-order valence-corrected chi connectivity index (χ0v) is 6.75. The first-order valence-corrected chi connectivity index (χ1v) is 3.54. The first-order chi connectivity index (χ1) is 5.35. The van der Waals surface area contributed by atoms with E-state index in [1.807, 2.05) is 30.3 Å². The second-order valence-corrected chi connectivity index (χ2v) is 1.98. The highest BCUT2D eigenvalue weighted by Gasteiger charge is 1.80. The first-order valence-electron chi connectivity index (χ1n) is 3.54. The van der Waals surface area contributed by atoms with Crippen LogP contribution in [0.5, 0.6) is 0 Å². The molecule has 11 heavy (non-hydrogen) atoms. The van der Waals surface area contributed by atoms with E-state index in [4.69, 9.17) is 11.1 Å². The number of nitrogens with two attached hydrogens (primary N) is 1. The Bertz CT molecular complexity index is 182. The third kappa shape index (κ3) is 5.30. The Morgan fingerprint density at radius 1 is 1.36 bits per heavy atom. The highest BCUT2D eigenvalue weighted by molar-refractivity contribution is 5.48. The van der Waals surface area contributed by atoms with Crippen LogP contribution in [-0.4, -0.2) is 6.21 Å². The fourth-order valence-corrected chi connectivity index (χ4v) is 0.614. The third-order valence-corrected chi connectivity index (χ3v) is 1.08. The van der Waals surface area contributed by atoms with E-state index >= 15 is 0 Å². The molecule has 0 bridgehead atoms. The molecule has 3 N–H and O–H groups in total. The fraction of sp³-hybridized carbons (Fsp3) is 0.222. The average Bonchev–Trinajstić information content (AvgIpc) is 2.08. The van der Waals surface area contributed by atoms with Crippen molar-refractivity contribution < 1.29 is 0 Å². The minimum Gasteiger partial charge on any atom is -0.326 e. The summed E-state index contributed by atoms with van der Waals surface area (Å²) in [6.07, 6.45) is 1.25. The molecule has 1 aromatic carbocycles. The Morgan fingerprint density at radius 2 is 1.82 bits per heavy atom. The summed E-state index contributed by atoms with van der Waals surface area (Å²) < 4.78 is 0.